The number of hydrogen-bond donors (Lipinski definition) is 1. The summed E-state index contributed by atoms with van der Waals surface area (Å²) in [5.41, 5.74) is 3.00. The Bertz CT molecular complexity index is 1400. The molecule has 4 aromatic rings. The maximum absolute atomic E-state index is 9.53. The van der Waals surface area contributed by atoms with Gasteiger partial charge in [-0.25, -0.2) is 4.98 Å². The average Bonchev–Trinajstić information content (AvgIpc) is 3.64. The van der Waals surface area contributed by atoms with E-state index in [1.807, 2.05) is 59.3 Å². The van der Waals surface area contributed by atoms with Crippen molar-refractivity contribution in [1.29, 1.82) is 0 Å². The topological polar surface area (TPSA) is 69.0 Å². The molecule has 0 radical (unpaired) electrons. The minimum absolute atomic E-state index is 0.105. The highest BCUT2D eigenvalue weighted by atomic mass is 35.5. The maximum atomic E-state index is 9.53. The summed E-state index contributed by atoms with van der Waals surface area (Å²) in [5, 5.41) is 10.5. The zero-order valence-corrected chi connectivity index (χ0v) is 24.1. The summed E-state index contributed by atoms with van der Waals surface area (Å²) in [5.74, 6) is -0.350. The van der Waals surface area contributed by atoms with Crippen molar-refractivity contribution in [3.8, 4) is 5.75 Å². The smallest absolute Gasteiger partial charge is 0.215 e. The highest BCUT2D eigenvalue weighted by Crippen LogP contribution is 2.40. The molecule has 0 saturated carbocycles. The second kappa shape index (κ2) is 14.1. The van der Waals surface area contributed by atoms with E-state index in [0.717, 1.165) is 30.0 Å². The van der Waals surface area contributed by atoms with Gasteiger partial charge in [0.05, 0.1) is 31.1 Å². The molecule has 41 heavy (non-hydrogen) atoms. The molecule has 1 fully saturated rings. The van der Waals surface area contributed by atoms with Crippen LogP contribution in [0.15, 0.2) is 97.6 Å². The first-order valence-corrected chi connectivity index (χ1v) is 14.3. The van der Waals surface area contributed by atoms with E-state index in [2.05, 4.69) is 34.2 Å². The van der Waals surface area contributed by atoms with Gasteiger partial charge in [-0.2, -0.15) is 0 Å². The first-order valence-electron chi connectivity index (χ1n) is 13.5. The van der Waals surface area contributed by atoms with Crippen LogP contribution in [0.4, 0.5) is 0 Å². The fourth-order valence-corrected chi connectivity index (χ4v) is 5.34. The van der Waals surface area contributed by atoms with Gasteiger partial charge in [0.25, 0.3) is 0 Å². The van der Waals surface area contributed by atoms with Crippen molar-refractivity contribution in [1.82, 2.24) is 14.5 Å². The quantitative estimate of drug-likeness (QED) is 0.204. The fourth-order valence-electron chi connectivity index (χ4n) is 4.79. The molecule has 2 heterocycles. The number of rotatable bonds is 13. The van der Waals surface area contributed by atoms with E-state index < -0.39 is 5.79 Å². The summed E-state index contributed by atoms with van der Waals surface area (Å²) < 4.78 is 20.7. The maximum Gasteiger partial charge on any atom is 0.215 e. The van der Waals surface area contributed by atoms with Crippen molar-refractivity contribution in [2.75, 3.05) is 32.9 Å². The second-order valence-electron chi connectivity index (χ2n) is 9.89. The van der Waals surface area contributed by atoms with Crippen LogP contribution in [-0.4, -0.2) is 58.6 Å². The molecule has 1 aliphatic rings. The molecule has 9 heteroatoms. The van der Waals surface area contributed by atoms with Gasteiger partial charge in [0.15, 0.2) is 0 Å². The highest BCUT2D eigenvalue weighted by molar-refractivity contribution is 6.35. The summed E-state index contributed by atoms with van der Waals surface area (Å²) in [4.78, 5) is 6.33. The molecule has 0 aliphatic carbocycles. The predicted octanol–water partition coefficient (Wildman–Crippen LogP) is 6.05. The molecule has 1 aromatic heterocycles. The van der Waals surface area contributed by atoms with Gasteiger partial charge < -0.3 is 23.9 Å². The van der Waals surface area contributed by atoms with Gasteiger partial charge in [-0.15, -0.1) is 0 Å². The Morgan fingerprint density at radius 2 is 1.93 bits per heavy atom. The first-order chi connectivity index (χ1) is 20.0. The van der Waals surface area contributed by atoms with E-state index in [1.54, 1.807) is 24.7 Å². The molecule has 0 amide bonds. The van der Waals surface area contributed by atoms with Crippen LogP contribution in [-0.2, 0) is 28.4 Å². The zero-order chi connectivity index (χ0) is 28.5. The Morgan fingerprint density at radius 3 is 2.66 bits per heavy atom. The van der Waals surface area contributed by atoms with Crippen LogP contribution in [0.5, 0.6) is 5.75 Å². The second-order valence-corrected chi connectivity index (χ2v) is 10.7. The standard InChI is InChI=1S/C32H33Cl2N3O4/c33-27-10-13-30(31(34)19-27)32(23-37-16-14-35-24-37)40-22-29(41-32)21-39-28-11-8-26(9-12-28)20-36(17-18-38)15-4-7-25-5-2-1-3-6-25/h1-14,16,19,24,29,38H,15,17-18,20-23H2/t29-,32-/m0/s1. The summed E-state index contributed by atoms with van der Waals surface area (Å²) in [6, 6.07) is 23.5. The number of halogens is 2. The number of ether oxygens (including phenoxy) is 3. The fraction of sp³-hybridized carbons (Fsp3) is 0.281. The lowest BCUT2D eigenvalue weighted by molar-refractivity contribution is -0.189. The molecule has 0 spiro atoms. The normalized spacial score (nSPS) is 18.9. The SMILES string of the molecule is OCCN(CC=Cc1ccccc1)Cc1ccc(OC[C@H]2CO[C@](Cn3ccnc3)(c3ccc(Cl)cc3Cl)O2)cc1. The van der Waals surface area contributed by atoms with Crippen LogP contribution in [0, 0.1) is 0 Å². The molecule has 5 rings (SSSR count). The van der Waals surface area contributed by atoms with Crippen LogP contribution >= 0.6 is 23.2 Å². The van der Waals surface area contributed by atoms with Gasteiger partial charge in [0.2, 0.25) is 5.79 Å². The van der Waals surface area contributed by atoms with Gasteiger partial charge in [-0.3, -0.25) is 4.90 Å². The number of aromatic nitrogens is 2. The van der Waals surface area contributed by atoms with Crippen molar-refractivity contribution >= 4 is 29.3 Å². The van der Waals surface area contributed by atoms with Crippen LogP contribution in [0.3, 0.4) is 0 Å². The van der Waals surface area contributed by atoms with E-state index in [9.17, 15) is 5.11 Å². The van der Waals surface area contributed by atoms with Gasteiger partial charge in [-0.05, 0) is 35.4 Å². The molecule has 3 aromatic carbocycles. The molecule has 7 nitrogen and oxygen atoms in total. The third kappa shape index (κ3) is 7.98. The van der Waals surface area contributed by atoms with E-state index in [1.165, 1.54) is 0 Å². The molecule has 214 valence electrons. The molecule has 1 N–H and O–H groups in total. The van der Waals surface area contributed by atoms with E-state index in [-0.39, 0.29) is 12.7 Å². The number of aliphatic hydroxyl groups excluding tert-OH is 1. The summed E-state index contributed by atoms with van der Waals surface area (Å²) in [6.07, 6.45) is 9.19. The predicted molar refractivity (Wildman–Crippen MR) is 161 cm³/mol. The van der Waals surface area contributed by atoms with E-state index in [0.29, 0.717) is 41.9 Å². The number of aliphatic hydroxyl groups is 1. The number of hydrogen-bond acceptors (Lipinski definition) is 6. The molecule has 1 saturated heterocycles. The van der Waals surface area contributed by atoms with Gasteiger partial charge in [0, 0.05) is 42.6 Å². The molecule has 0 bridgehead atoms. The summed E-state index contributed by atoms with van der Waals surface area (Å²) in [7, 11) is 0. The first kappa shape index (κ1) is 29.3. The van der Waals surface area contributed by atoms with Gasteiger partial charge in [-0.1, -0.05) is 83.9 Å². The summed E-state index contributed by atoms with van der Waals surface area (Å²) in [6.45, 7) is 3.20. The Labute approximate surface area is 250 Å². The average molecular weight is 595 g/mol. The van der Waals surface area contributed by atoms with Crippen molar-refractivity contribution in [3.63, 3.8) is 0 Å². The van der Waals surface area contributed by atoms with Crippen molar-refractivity contribution in [3.05, 3.63) is 124 Å². The van der Waals surface area contributed by atoms with Crippen molar-refractivity contribution in [2.45, 2.75) is 25.0 Å². The zero-order valence-electron chi connectivity index (χ0n) is 22.6. The lowest BCUT2D eigenvalue weighted by atomic mass is 10.1. The minimum atomic E-state index is -1.09. The van der Waals surface area contributed by atoms with Gasteiger partial charge >= 0.3 is 0 Å². The lowest BCUT2D eigenvalue weighted by Gasteiger charge is -2.30. The van der Waals surface area contributed by atoms with Gasteiger partial charge in [0.1, 0.15) is 18.5 Å². The van der Waals surface area contributed by atoms with Crippen LogP contribution < -0.4 is 4.74 Å². The largest absolute Gasteiger partial charge is 0.491 e. The minimum Gasteiger partial charge on any atom is -0.491 e. The number of imidazole rings is 1. The highest BCUT2D eigenvalue weighted by Gasteiger charge is 2.45. The Morgan fingerprint density at radius 1 is 1.10 bits per heavy atom. The lowest BCUT2D eigenvalue weighted by Crippen LogP contribution is -2.34. The number of nitrogens with zero attached hydrogens (tertiary/aromatic N) is 3. The Kier molecular flexibility index (Phi) is 10.1. The molecular weight excluding hydrogens is 561 g/mol. The Hall–Kier alpha value is -3.17. The van der Waals surface area contributed by atoms with Crippen LogP contribution in [0.25, 0.3) is 6.08 Å². The molecule has 2 atom stereocenters. The summed E-state index contributed by atoms with van der Waals surface area (Å²) >= 11 is 12.7. The number of benzene rings is 3. The van der Waals surface area contributed by atoms with Crippen molar-refractivity contribution in [2.24, 2.45) is 0 Å². The Balaban J connectivity index is 1.17. The van der Waals surface area contributed by atoms with E-state index >= 15 is 0 Å². The third-order valence-corrected chi connectivity index (χ3v) is 7.35. The van der Waals surface area contributed by atoms with Crippen LogP contribution in [0.2, 0.25) is 10.0 Å². The molecule has 0 unspecified atom stereocenters. The van der Waals surface area contributed by atoms with Crippen molar-refractivity contribution < 1.29 is 19.3 Å². The van der Waals surface area contributed by atoms with E-state index in [4.69, 9.17) is 37.4 Å². The molecule has 1 aliphatic heterocycles. The molecular formula is C32H33Cl2N3O4. The van der Waals surface area contributed by atoms with Crippen LogP contribution in [0.1, 0.15) is 16.7 Å². The monoisotopic (exact) mass is 593 g/mol. The third-order valence-electron chi connectivity index (χ3n) is 6.81.